The molecule has 0 radical (unpaired) electrons. The Morgan fingerprint density at radius 1 is 0.781 bits per heavy atom. The van der Waals surface area contributed by atoms with Crippen LogP contribution in [0.15, 0.2) is 58.7 Å². The molecular weight excluding hydrogens is 420 g/mol. The molecule has 2 aromatic carbocycles. The van der Waals surface area contributed by atoms with Crippen LogP contribution in [-0.4, -0.2) is 34.1 Å². The van der Waals surface area contributed by atoms with Gasteiger partial charge >= 0.3 is 0 Å². The fraction of sp³-hybridized carbons (Fsp3) is 0.200. The molecule has 12 nitrogen and oxygen atoms in total. The van der Waals surface area contributed by atoms with E-state index in [1.165, 1.54) is 61.0 Å². The lowest BCUT2D eigenvalue weighted by molar-refractivity contribution is -0.385. The van der Waals surface area contributed by atoms with Gasteiger partial charge in [-0.15, -0.1) is 0 Å². The number of amides is 2. The number of hydrogen-bond acceptors (Lipinski definition) is 8. The summed E-state index contributed by atoms with van der Waals surface area (Å²) in [7, 11) is 0. The highest BCUT2D eigenvalue weighted by Gasteiger charge is 2.51. The molecule has 3 rings (SSSR count). The van der Waals surface area contributed by atoms with E-state index < -0.39 is 27.1 Å². The first-order valence-electron chi connectivity index (χ1n) is 9.48. The predicted octanol–water partition coefficient (Wildman–Crippen LogP) is 2.27. The first-order valence-corrected chi connectivity index (χ1v) is 9.48. The van der Waals surface area contributed by atoms with E-state index in [1.807, 2.05) is 0 Å². The number of nitro groups is 2. The van der Waals surface area contributed by atoms with E-state index in [4.69, 9.17) is 0 Å². The smallest absolute Gasteiger partial charge is 0.269 e. The number of nitro benzene ring substituents is 2. The van der Waals surface area contributed by atoms with Gasteiger partial charge in [-0.05, 0) is 48.2 Å². The molecule has 1 fully saturated rings. The van der Waals surface area contributed by atoms with Gasteiger partial charge in [0.05, 0.1) is 22.3 Å². The lowest BCUT2D eigenvalue weighted by atomic mass is 9.67. The molecule has 2 aromatic rings. The van der Waals surface area contributed by atoms with E-state index >= 15 is 0 Å². The van der Waals surface area contributed by atoms with Gasteiger partial charge < -0.3 is 0 Å². The Morgan fingerprint density at radius 3 is 1.44 bits per heavy atom. The van der Waals surface area contributed by atoms with E-state index in [0.717, 1.165) is 0 Å². The number of non-ortho nitro benzene ring substituents is 2. The molecule has 164 valence electrons. The molecule has 1 saturated carbocycles. The zero-order valence-electron chi connectivity index (χ0n) is 16.6. The van der Waals surface area contributed by atoms with Crippen molar-refractivity contribution in [3.8, 4) is 0 Å². The summed E-state index contributed by atoms with van der Waals surface area (Å²) in [6.07, 6.45) is 4.01. The normalized spacial score (nSPS) is 14.6. The number of carbonyl (C=O) groups is 2. The Hall–Kier alpha value is -4.48. The molecule has 0 aliphatic heterocycles. The van der Waals surface area contributed by atoms with E-state index in [1.54, 1.807) is 0 Å². The SMILES string of the molecule is O=C(N/N=C/c1ccc([N+](=O)[O-])cc1)C1(C(=O)N/N=C/c2ccc([N+](=O)[O-])cc2)CCC1. The van der Waals surface area contributed by atoms with Crippen molar-refractivity contribution >= 4 is 35.6 Å². The number of carbonyl (C=O) groups excluding carboxylic acids is 2. The van der Waals surface area contributed by atoms with Crippen LogP contribution in [0.25, 0.3) is 0 Å². The van der Waals surface area contributed by atoms with Crippen molar-refractivity contribution in [1.29, 1.82) is 0 Å². The summed E-state index contributed by atoms with van der Waals surface area (Å²) in [5.41, 5.74) is 4.33. The number of nitrogens with zero attached hydrogens (tertiary/aromatic N) is 4. The van der Waals surface area contributed by atoms with Crippen molar-refractivity contribution in [3.63, 3.8) is 0 Å². The number of hydrogen-bond donors (Lipinski definition) is 2. The summed E-state index contributed by atoms with van der Waals surface area (Å²) < 4.78 is 0. The minimum Gasteiger partial charge on any atom is -0.272 e. The van der Waals surface area contributed by atoms with Gasteiger partial charge in [0.1, 0.15) is 5.41 Å². The van der Waals surface area contributed by atoms with Gasteiger partial charge in [-0.2, -0.15) is 10.2 Å². The quantitative estimate of drug-likeness (QED) is 0.277. The molecule has 2 amide bonds. The summed E-state index contributed by atoms with van der Waals surface area (Å²) in [5.74, 6) is -1.16. The van der Waals surface area contributed by atoms with Gasteiger partial charge in [-0.1, -0.05) is 6.42 Å². The van der Waals surface area contributed by atoms with E-state index in [9.17, 15) is 29.8 Å². The fourth-order valence-electron chi connectivity index (χ4n) is 3.00. The standard InChI is InChI=1S/C20H18N6O6/c27-18(23-21-12-14-2-6-16(7-3-14)25(29)30)20(10-1-11-20)19(28)24-22-13-15-4-8-17(9-5-15)26(31)32/h2-9,12-13H,1,10-11H2,(H,23,27)(H,24,28)/b21-12+,22-13+. The average Bonchev–Trinajstić information content (AvgIpc) is 2.73. The first-order chi connectivity index (χ1) is 15.3. The topological polar surface area (TPSA) is 169 Å². The van der Waals surface area contributed by atoms with Gasteiger partial charge in [-0.3, -0.25) is 29.8 Å². The Balaban J connectivity index is 1.57. The summed E-state index contributed by atoms with van der Waals surface area (Å²) >= 11 is 0. The summed E-state index contributed by atoms with van der Waals surface area (Å²) in [4.78, 5) is 45.4. The Kier molecular flexibility index (Phi) is 6.63. The first kappa shape index (κ1) is 22.2. The Labute approximate surface area is 181 Å². The van der Waals surface area contributed by atoms with Crippen molar-refractivity contribution in [2.24, 2.45) is 15.6 Å². The highest BCUT2D eigenvalue weighted by molar-refractivity contribution is 6.06. The van der Waals surface area contributed by atoms with Crippen molar-refractivity contribution < 1.29 is 19.4 Å². The number of nitrogens with one attached hydrogen (secondary N) is 2. The van der Waals surface area contributed by atoms with Crippen LogP contribution in [0.4, 0.5) is 11.4 Å². The van der Waals surface area contributed by atoms with Crippen LogP contribution < -0.4 is 10.9 Å². The molecule has 32 heavy (non-hydrogen) atoms. The van der Waals surface area contributed by atoms with Gasteiger partial charge in [0.2, 0.25) is 0 Å². The van der Waals surface area contributed by atoms with E-state index in [-0.39, 0.29) is 11.4 Å². The second-order valence-electron chi connectivity index (χ2n) is 7.03. The molecule has 2 N–H and O–H groups in total. The van der Waals surface area contributed by atoms with Gasteiger partial charge in [0.15, 0.2) is 0 Å². The Morgan fingerprint density at radius 2 is 1.16 bits per heavy atom. The highest BCUT2D eigenvalue weighted by atomic mass is 16.6. The van der Waals surface area contributed by atoms with Crippen LogP contribution in [0.3, 0.4) is 0 Å². The van der Waals surface area contributed by atoms with Gasteiger partial charge in [-0.25, -0.2) is 10.9 Å². The number of benzene rings is 2. The van der Waals surface area contributed by atoms with E-state index in [0.29, 0.717) is 30.4 Å². The lowest BCUT2D eigenvalue weighted by Gasteiger charge is -2.36. The predicted molar refractivity (Wildman–Crippen MR) is 114 cm³/mol. The maximum absolute atomic E-state index is 12.6. The van der Waals surface area contributed by atoms with Gasteiger partial charge in [0, 0.05) is 24.3 Å². The van der Waals surface area contributed by atoms with Crippen molar-refractivity contribution in [2.75, 3.05) is 0 Å². The molecule has 0 unspecified atom stereocenters. The monoisotopic (exact) mass is 438 g/mol. The molecule has 1 aliphatic rings. The molecule has 12 heteroatoms. The third-order valence-corrected chi connectivity index (χ3v) is 5.04. The minimum absolute atomic E-state index is 0.0643. The third kappa shape index (κ3) is 4.98. The van der Waals surface area contributed by atoms with Crippen LogP contribution in [0.5, 0.6) is 0 Å². The van der Waals surface area contributed by atoms with Crippen LogP contribution >= 0.6 is 0 Å². The number of rotatable bonds is 8. The summed E-state index contributed by atoms with van der Waals surface area (Å²) in [5, 5.41) is 29.0. The van der Waals surface area contributed by atoms with E-state index in [2.05, 4.69) is 21.1 Å². The highest BCUT2D eigenvalue weighted by Crippen LogP contribution is 2.41. The van der Waals surface area contributed by atoms with Crippen molar-refractivity contribution in [3.05, 3.63) is 79.9 Å². The average molecular weight is 438 g/mol. The molecule has 0 spiro atoms. The molecular formula is C20H18N6O6. The second-order valence-corrected chi connectivity index (χ2v) is 7.03. The second kappa shape index (κ2) is 9.55. The summed E-state index contributed by atoms with van der Waals surface area (Å²) in [6, 6.07) is 11.2. The molecule has 0 aromatic heterocycles. The summed E-state index contributed by atoms with van der Waals surface area (Å²) in [6.45, 7) is 0. The van der Waals surface area contributed by atoms with Crippen molar-refractivity contribution in [1.82, 2.24) is 10.9 Å². The largest absolute Gasteiger partial charge is 0.272 e. The van der Waals surface area contributed by atoms with Crippen LogP contribution in [0.2, 0.25) is 0 Å². The van der Waals surface area contributed by atoms with Crippen molar-refractivity contribution in [2.45, 2.75) is 19.3 Å². The fourth-order valence-corrected chi connectivity index (χ4v) is 3.00. The lowest BCUT2D eigenvalue weighted by Crippen LogP contribution is -2.53. The number of hydrazone groups is 2. The Bertz CT molecular complexity index is 1010. The van der Waals surface area contributed by atoms with Crippen LogP contribution in [0.1, 0.15) is 30.4 Å². The van der Waals surface area contributed by atoms with Gasteiger partial charge in [0.25, 0.3) is 23.2 Å². The third-order valence-electron chi connectivity index (χ3n) is 5.04. The molecule has 0 saturated heterocycles. The molecule has 1 aliphatic carbocycles. The molecule has 0 bridgehead atoms. The zero-order chi connectivity index (χ0) is 23.1. The zero-order valence-corrected chi connectivity index (χ0v) is 16.6. The van der Waals surface area contributed by atoms with Crippen LogP contribution in [0, 0.1) is 25.6 Å². The maximum Gasteiger partial charge on any atom is 0.269 e. The molecule has 0 atom stereocenters. The minimum atomic E-state index is -1.29. The van der Waals surface area contributed by atoms with Crippen LogP contribution in [-0.2, 0) is 9.59 Å². The molecule has 0 heterocycles. The maximum atomic E-state index is 12.6.